The van der Waals surface area contributed by atoms with Crippen LogP contribution in [0.3, 0.4) is 0 Å². The van der Waals surface area contributed by atoms with Crippen molar-refractivity contribution in [3.8, 4) is 17.0 Å². The first-order valence-corrected chi connectivity index (χ1v) is 12.9. The lowest BCUT2D eigenvalue weighted by Crippen LogP contribution is -2.50. The Bertz CT molecular complexity index is 1200. The highest BCUT2D eigenvalue weighted by atomic mass is 32.1. The van der Waals surface area contributed by atoms with Crippen LogP contribution >= 0.6 is 11.3 Å². The van der Waals surface area contributed by atoms with Crippen LogP contribution in [0.2, 0.25) is 0 Å². The van der Waals surface area contributed by atoms with Gasteiger partial charge in [-0.05, 0) is 42.7 Å². The predicted molar refractivity (Wildman–Crippen MR) is 137 cm³/mol. The van der Waals surface area contributed by atoms with Crippen LogP contribution in [-0.4, -0.2) is 60.4 Å². The molecule has 0 saturated carbocycles. The van der Waals surface area contributed by atoms with E-state index in [0.29, 0.717) is 19.7 Å². The Morgan fingerprint density at radius 3 is 2.71 bits per heavy atom. The van der Waals surface area contributed by atoms with Gasteiger partial charge in [0.15, 0.2) is 5.13 Å². The van der Waals surface area contributed by atoms with E-state index < -0.39 is 5.97 Å². The lowest BCUT2D eigenvalue weighted by atomic mass is 10.0. The molecule has 0 atom stereocenters. The van der Waals surface area contributed by atoms with Crippen LogP contribution in [0.15, 0.2) is 41.8 Å². The molecule has 0 radical (unpaired) electrons. The molecule has 2 aromatic carbocycles. The molecule has 5 rings (SSSR count). The van der Waals surface area contributed by atoms with Crippen LogP contribution in [0.25, 0.3) is 11.3 Å². The van der Waals surface area contributed by atoms with Gasteiger partial charge in [-0.1, -0.05) is 29.8 Å². The van der Waals surface area contributed by atoms with Crippen molar-refractivity contribution < 1.29 is 19.4 Å². The van der Waals surface area contributed by atoms with E-state index in [-0.39, 0.29) is 5.92 Å². The van der Waals surface area contributed by atoms with Gasteiger partial charge in [0.2, 0.25) is 0 Å². The smallest absolute Gasteiger partial charge is 0.310 e. The molecule has 0 bridgehead atoms. The number of aryl methyl sites for hydroxylation is 2. The van der Waals surface area contributed by atoms with E-state index in [9.17, 15) is 4.79 Å². The van der Waals surface area contributed by atoms with Crippen LogP contribution in [0.4, 0.5) is 5.13 Å². The SMILES string of the molecule is Cc1ccc(OCc2ccc(CN3CCOCC3)cc2C)c(-c2csc(N3CC(C(=O)O)C3)n2)c1. The Balaban J connectivity index is 1.26. The second-order valence-corrected chi connectivity index (χ2v) is 10.2. The summed E-state index contributed by atoms with van der Waals surface area (Å²) >= 11 is 1.54. The fraction of sp³-hybridized carbons (Fsp3) is 0.407. The molecule has 2 saturated heterocycles. The van der Waals surface area contributed by atoms with Gasteiger partial charge in [-0.3, -0.25) is 9.69 Å². The van der Waals surface area contributed by atoms with Gasteiger partial charge in [0, 0.05) is 43.7 Å². The van der Waals surface area contributed by atoms with Crippen LogP contribution < -0.4 is 9.64 Å². The van der Waals surface area contributed by atoms with Gasteiger partial charge < -0.3 is 19.5 Å². The second kappa shape index (κ2) is 10.4. The molecule has 1 N–H and O–H groups in total. The highest BCUT2D eigenvalue weighted by molar-refractivity contribution is 7.14. The Labute approximate surface area is 209 Å². The summed E-state index contributed by atoms with van der Waals surface area (Å²) in [5.41, 5.74) is 6.67. The van der Waals surface area contributed by atoms with E-state index >= 15 is 0 Å². The largest absolute Gasteiger partial charge is 0.488 e. The van der Waals surface area contributed by atoms with E-state index in [1.54, 1.807) is 11.3 Å². The summed E-state index contributed by atoms with van der Waals surface area (Å²) in [6, 6.07) is 12.8. The Morgan fingerprint density at radius 1 is 1.17 bits per heavy atom. The van der Waals surface area contributed by atoms with E-state index in [0.717, 1.165) is 60.5 Å². The number of carbonyl (C=O) groups is 1. The van der Waals surface area contributed by atoms with Crippen molar-refractivity contribution in [2.45, 2.75) is 27.0 Å². The summed E-state index contributed by atoms with van der Waals surface area (Å²) in [5.74, 6) is -0.239. The minimum atomic E-state index is -0.739. The van der Waals surface area contributed by atoms with Crippen molar-refractivity contribution in [3.63, 3.8) is 0 Å². The number of nitrogens with zero attached hydrogens (tertiary/aromatic N) is 3. The minimum Gasteiger partial charge on any atom is -0.488 e. The lowest BCUT2D eigenvalue weighted by Gasteiger charge is -2.36. The van der Waals surface area contributed by atoms with Gasteiger partial charge in [0.1, 0.15) is 12.4 Å². The summed E-state index contributed by atoms with van der Waals surface area (Å²) < 4.78 is 11.8. The summed E-state index contributed by atoms with van der Waals surface area (Å²) in [6.45, 7) is 10.3. The molecule has 2 aliphatic rings. The number of anilines is 1. The second-order valence-electron chi connectivity index (χ2n) is 9.39. The van der Waals surface area contributed by atoms with E-state index in [4.69, 9.17) is 19.6 Å². The van der Waals surface area contributed by atoms with Crippen molar-refractivity contribution in [2.75, 3.05) is 44.3 Å². The predicted octanol–water partition coefficient (Wildman–Crippen LogP) is 4.36. The Hall–Kier alpha value is -2.94. The van der Waals surface area contributed by atoms with Gasteiger partial charge in [-0.25, -0.2) is 4.98 Å². The van der Waals surface area contributed by atoms with E-state index in [1.165, 1.54) is 16.7 Å². The molecule has 0 spiro atoms. The maximum atomic E-state index is 11.1. The summed E-state index contributed by atoms with van der Waals surface area (Å²) in [6.07, 6.45) is 0. The molecular weight excluding hydrogens is 462 g/mol. The summed E-state index contributed by atoms with van der Waals surface area (Å²) in [4.78, 5) is 20.4. The zero-order valence-electron chi connectivity index (χ0n) is 20.2. The van der Waals surface area contributed by atoms with Gasteiger partial charge in [0.25, 0.3) is 0 Å². The molecule has 0 amide bonds. The fourth-order valence-corrected chi connectivity index (χ4v) is 5.33. The van der Waals surface area contributed by atoms with Crippen LogP contribution in [0.1, 0.15) is 22.3 Å². The maximum absolute atomic E-state index is 11.1. The molecule has 35 heavy (non-hydrogen) atoms. The first kappa shape index (κ1) is 23.8. The first-order valence-electron chi connectivity index (χ1n) is 12.0. The maximum Gasteiger partial charge on any atom is 0.310 e. The molecule has 0 aliphatic carbocycles. The molecular formula is C27H31N3O4S. The number of carboxylic acid groups (broad SMARTS) is 1. The number of benzene rings is 2. The van der Waals surface area contributed by atoms with Crippen molar-refractivity contribution in [2.24, 2.45) is 5.92 Å². The number of ether oxygens (including phenoxy) is 2. The van der Waals surface area contributed by atoms with Gasteiger partial charge in [-0.15, -0.1) is 11.3 Å². The zero-order chi connectivity index (χ0) is 24.4. The Kier molecular flexibility index (Phi) is 7.04. The van der Waals surface area contributed by atoms with Crippen molar-refractivity contribution >= 4 is 22.4 Å². The van der Waals surface area contributed by atoms with Crippen LogP contribution in [0.5, 0.6) is 5.75 Å². The monoisotopic (exact) mass is 493 g/mol. The van der Waals surface area contributed by atoms with E-state index in [2.05, 4.69) is 49.1 Å². The lowest BCUT2D eigenvalue weighted by molar-refractivity contribution is -0.142. The third-order valence-electron chi connectivity index (χ3n) is 6.70. The van der Waals surface area contributed by atoms with Gasteiger partial charge >= 0.3 is 5.97 Å². The molecule has 3 heterocycles. The van der Waals surface area contributed by atoms with Crippen molar-refractivity contribution in [1.82, 2.24) is 9.88 Å². The minimum absolute atomic E-state index is 0.302. The number of aliphatic carboxylic acids is 1. The number of rotatable bonds is 8. The summed E-state index contributed by atoms with van der Waals surface area (Å²) in [5, 5.41) is 12.0. The van der Waals surface area contributed by atoms with Crippen LogP contribution in [0, 0.1) is 19.8 Å². The topological polar surface area (TPSA) is 75.1 Å². The number of hydrogen-bond acceptors (Lipinski definition) is 7. The molecule has 8 heteroatoms. The van der Waals surface area contributed by atoms with E-state index in [1.807, 2.05) is 16.3 Å². The number of carboxylic acids is 1. The van der Waals surface area contributed by atoms with Gasteiger partial charge in [-0.2, -0.15) is 0 Å². The molecule has 184 valence electrons. The molecule has 2 fully saturated rings. The standard InChI is InChI=1S/C27H31N3O4S/c1-18-3-6-25(23(11-18)24-17-35-27(28-24)30-14-22(15-30)26(31)32)34-16-21-5-4-20(12-19(21)2)13-29-7-9-33-10-8-29/h3-6,11-12,17,22H,7-10,13-16H2,1-2H3,(H,31,32). The highest BCUT2D eigenvalue weighted by Gasteiger charge is 2.34. The molecule has 2 aliphatic heterocycles. The normalized spacial score (nSPS) is 16.8. The van der Waals surface area contributed by atoms with Crippen molar-refractivity contribution in [1.29, 1.82) is 0 Å². The summed E-state index contributed by atoms with van der Waals surface area (Å²) in [7, 11) is 0. The number of morpholine rings is 1. The zero-order valence-corrected chi connectivity index (χ0v) is 21.0. The number of thiazole rings is 1. The quantitative estimate of drug-likeness (QED) is 0.500. The van der Waals surface area contributed by atoms with Crippen LogP contribution in [-0.2, 0) is 22.7 Å². The number of aromatic nitrogens is 1. The first-order chi connectivity index (χ1) is 17.0. The molecule has 3 aromatic rings. The average Bonchev–Trinajstić information content (AvgIpc) is 3.28. The molecule has 1 aromatic heterocycles. The molecule has 0 unspecified atom stereocenters. The fourth-order valence-electron chi connectivity index (χ4n) is 4.49. The van der Waals surface area contributed by atoms with Gasteiger partial charge in [0.05, 0.1) is 24.8 Å². The average molecular weight is 494 g/mol. The third-order valence-corrected chi connectivity index (χ3v) is 7.61. The molecule has 7 nitrogen and oxygen atoms in total. The third kappa shape index (κ3) is 5.50. The Morgan fingerprint density at radius 2 is 1.97 bits per heavy atom. The number of hydrogen-bond donors (Lipinski definition) is 1. The highest BCUT2D eigenvalue weighted by Crippen LogP contribution is 2.36. The van der Waals surface area contributed by atoms with Crippen molar-refractivity contribution in [3.05, 3.63) is 64.0 Å².